The zero-order chi connectivity index (χ0) is 14.7. The molecule has 2 rings (SSSR count). The first kappa shape index (κ1) is 15.0. The van der Waals surface area contributed by atoms with E-state index in [1.165, 1.54) is 16.7 Å². The maximum Gasteiger partial charge on any atom is 0.0500 e. The van der Waals surface area contributed by atoms with E-state index in [1.807, 2.05) is 19.1 Å². The van der Waals surface area contributed by atoms with E-state index < -0.39 is 0 Å². The summed E-state index contributed by atoms with van der Waals surface area (Å²) in [5.41, 5.74) is 8.96. The average molecular weight is 289 g/mol. The van der Waals surface area contributed by atoms with E-state index in [0.717, 1.165) is 22.6 Å². The number of hydrazine groups is 1. The Kier molecular flexibility index (Phi) is 4.81. The molecule has 0 amide bonds. The number of nitrogens with two attached hydrogens (primary N) is 1. The Morgan fingerprint density at radius 2 is 1.75 bits per heavy atom. The van der Waals surface area contributed by atoms with E-state index in [4.69, 9.17) is 17.4 Å². The standard InChI is InChI=1S/C17H21ClN2/c1-11-4-5-12(2)15(8-11)10-17(20-19)14-7-6-13(3)16(18)9-14/h4-9,17,20H,10,19H2,1-3H3. The predicted molar refractivity (Wildman–Crippen MR) is 85.9 cm³/mol. The first-order chi connectivity index (χ1) is 9.51. The van der Waals surface area contributed by atoms with Gasteiger partial charge in [0.2, 0.25) is 0 Å². The van der Waals surface area contributed by atoms with Crippen LogP contribution in [0.25, 0.3) is 0 Å². The number of hydrogen-bond acceptors (Lipinski definition) is 2. The summed E-state index contributed by atoms with van der Waals surface area (Å²) >= 11 is 6.21. The zero-order valence-electron chi connectivity index (χ0n) is 12.2. The van der Waals surface area contributed by atoms with E-state index in [2.05, 4.69) is 43.5 Å². The number of halogens is 1. The summed E-state index contributed by atoms with van der Waals surface area (Å²) in [6.45, 7) is 6.24. The number of rotatable bonds is 4. The Hall–Kier alpha value is -1.35. The minimum Gasteiger partial charge on any atom is -0.271 e. The molecule has 106 valence electrons. The quantitative estimate of drug-likeness (QED) is 0.659. The second-order valence-corrected chi connectivity index (χ2v) is 5.77. The van der Waals surface area contributed by atoms with Gasteiger partial charge in [-0.05, 0) is 55.5 Å². The van der Waals surface area contributed by atoms with Crippen molar-refractivity contribution in [1.29, 1.82) is 0 Å². The number of aryl methyl sites for hydroxylation is 3. The Balaban J connectivity index is 2.28. The van der Waals surface area contributed by atoms with Gasteiger partial charge in [0.25, 0.3) is 0 Å². The van der Waals surface area contributed by atoms with Crippen molar-refractivity contribution in [1.82, 2.24) is 5.43 Å². The second kappa shape index (κ2) is 6.40. The summed E-state index contributed by atoms with van der Waals surface area (Å²) in [6.07, 6.45) is 0.851. The summed E-state index contributed by atoms with van der Waals surface area (Å²) < 4.78 is 0. The molecule has 0 heterocycles. The van der Waals surface area contributed by atoms with Crippen molar-refractivity contribution in [3.8, 4) is 0 Å². The SMILES string of the molecule is Cc1ccc(C)c(CC(NN)c2ccc(C)c(Cl)c2)c1. The van der Waals surface area contributed by atoms with Gasteiger partial charge in [-0.25, -0.2) is 0 Å². The summed E-state index contributed by atoms with van der Waals surface area (Å²) in [5, 5.41) is 0.781. The Bertz CT molecular complexity index is 608. The van der Waals surface area contributed by atoms with Crippen molar-refractivity contribution in [2.75, 3.05) is 0 Å². The molecule has 0 aliphatic heterocycles. The van der Waals surface area contributed by atoms with Crippen molar-refractivity contribution in [3.05, 3.63) is 69.2 Å². The van der Waals surface area contributed by atoms with Gasteiger partial charge in [-0.2, -0.15) is 0 Å². The third-order valence-corrected chi connectivity index (χ3v) is 4.14. The minimum atomic E-state index is 0.0635. The van der Waals surface area contributed by atoms with Crippen LogP contribution in [0, 0.1) is 20.8 Å². The maximum absolute atomic E-state index is 6.21. The van der Waals surface area contributed by atoms with Gasteiger partial charge in [0, 0.05) is 5.02 Å². The smallest absolute Gasteiger partial charge is 0.0500 e. The van der Waals surface area contributed by atoms with Crippen molar-refractivity contribution >= 4 is 11.6 Å². The molecule has 20 heavy (non-hydrogen) atoms. The van der Waals surface area contributed by atoms with Crippen LogP contribution in [0.4, 0.5) is 0 Å². The summed E-state index contributed by atoms with van der Waals surface area (Å²) in [5.74, 6) is 5.74. The summed E-state index contributed by atoms with van der Waals surface area (Å²) in [7, 11) is 0. The maximum atomic E-state index is 6.21. The topological polar surface area (TPSA) is 38.0 Å². The summed E-state index contributed by atoms with van der Waals surface area (Å²) in [6, 6.07) is 12.7. The monoisotopic (exact) mass is 288 g/mol. The van der Waals surface area contributed by atoms with E-state index in [0.29, 0.717) is 0 Å². The molecule has 2 nitrogen and oxygen atoms in total. The van der Waals surface area contributed by atoms with Crippen LogP contribution >= 0.6 is 11.6 Å². The van der Waals surface area contributed by atoms with Gasteiger partial charge >= 0.3 is 0 Å². The van der Waals surface area contributed by atoms with Crippen LogP contribution in [0.3, 0.4) is 0 Å². The molecule has 0 spiro atoms. The van der Waals surface area contributed by atoms with Gasteiger partial charge in [-0.15, -0.1) is 0 Å². The lowest BCUT2D eigenvalue weighted by molar-refractivity contribution is 0.550. The fourth-order valence-corrected chi connectivity index (χ4v) is 2.53. The molecule has 1 unspecified atom stereocenters. The van der Waals surface area contributed by atoms with Gasteiger partial charge in [-0.3, -0.25) is 11.3 Å². The van der Waals surface area contributed by atoms with Gasteiger partial charge in [0.05, 0.1) is 6.04 Å². The molecular formula is C17H21ClN2. The number of hydrogen-bond donors (Lipinski definition) is 2. The highest BCUT2D eigenvalue weighted by Crippen LogP contribution is 2.25. The minimum absolute atomic E-state index is 0.0635. The first-order valence-electron chi connectivity index (χ1n) is 6.79. The Labute approximate surface area is 125 Å². The zero-order valence-corrected chi connectivity index (χ0v) is 13.0. The number of benzene rings is 2. The lowest BCUT2D eigenvalue weighted by atomic mass is 9.95. The molecule has 0 aliphatic rings. The van der Waals surface area contributed by atoms with Gasteiger partial charge in [-0.1, -0.05) is 47.5 Å². The molecule has 0 radical (unpaired) electrons. The van der Waals surface area contributed by atoms with Crippen LogP contribution in [0.5, 0.6) is 0 Å². The van der Waals surface area contributed by atoms with Crippen LogP contribution in [0.15, 0.2) is 36.4 Å². The first-order valence-corrected chi connectivity index (χ1v) is 7.17. The van der Waals surface area contributed by atoms with Crippen LogP contribution in [-0.2, 0) is 6.42 Å². The van der Waals surface area contributed by atoms with Crippen LogP contribution in [0.1, 0.15) is 33.9 Å². The van der Waals surface area contributed by atoms with E-state index in [-0.39, 0.29) is 6.04 Å². The molecule has 2 aromatic rings. The molecule has 3 N–H and O–H groups in total. The highest BCUT2D eigenvalue weighted by Gasteiger charge is 2.13. The second-order valence-electron chi connectivity index (χ2n) is 5.36. The van der Waals surface area contributed by atoms with Crippen molar-refractivity contribution in [3.63, 3.8) is 0 Å². The molecule has 0 saturated heterocycles. The molecule has 0 aliphatic carbocycles. The molecule has 0 aromatic heterocycles. The Morgan fingerprint density at radius 1 is 1.05 bits per heavy atom. The largest absolute Gasteiger partial charge is 0.271 e. The van der Waals surface area contributed by atoms with E-state index in [1.54, 1.807) is 0 Å². The van der Waals surface area contributed by atoms with Crippen molar-refractivity contribution in [2.24, 2.45) is 5.84 Å². The van der Waals surface area contributed by atoms with Crippen LogP contribution in [0.2, 0.25) is 5.02 Å². The van der Waals surface area contributed by atoms with Crippen LogP contribution in [-0.4, -0.2) is 0 Å². The van der Waals surface area contributed by atoms with Crippen molar-refractivity contribution in [2.45, 2.75) is 33.2 Å². The number of nitrogens with one attached hydrogen (secondary N) is 1. The highest BCUT2D eigenvalue weighted by molar-refractivity contribution is 6.31. The summed E-state index contributed by atoms with van der Waals surface area (Å²) in [4.78, 5) is 0. The molecule has 2 aromatic carbocycles. The third kappa shape index (κ3) is 3.40. The third-order valence-electron chi connectivity index (χ3n) is 3.73. The van der Waals surface area contributed by atoms with Gasteiger partial charge in [0.1, 0.15) is 0 Å². The molecule has 0 saturated carbocycles. The van der Waals surface area contributed by atoms with Crippen LogP contribution < -0.4 is 11.3 Å². The lowest BCUT2D eigenvalue weighted by Gasteiger charge is -2.19. The Morgan fingerprint density at radius 3 is 2.40 bits per heavy atom. The van der Waals surface area contributed by atoms with E-state index >= 15 is 0 Å². The van der Waals surface area contributed by atoms with Gasteiger partial charge < -0.3 is 0 Å². The van der Waals surface area contributed by atoms with Gasteiger partial charge in [0.15, 0.2) is 0 Å². The lowest BCUT2D eigenvalue weighted by Crippen LogP contribution is -2.29. The molecular weight excluding hydrogens is 268 g/mol. The molecule has 0 fully saturated rings. The normalized spacial score (nSPS) is 12.4. The fraction of sp³-hybridized carbons (Fsp3) is 0.294. The average Bonchev–Trinajstić information content (AvgIpc) is 2.43. The highest BCUT2D eigenvalue weighted by atomic mass is 35.5. The predicted octanol–water partition coefficient (Wildman–Crippen LogP) is 4.01. The molecule has 1 atom stereocenters. The fourth-order valence-electron chi connectivity index (χ4n) is 2.34. The molecule has 0 bridgehead atoms. The van der Waals surface area contributed by atoms with E-state index in [9.17, 15) is 0 Å². The van der Waals surface area contributed by atoms with Crippen molar-refractivity contribution < 1.29 is 0 Å². The molecule has 3 heteroatoms.